The number of amides is 1. The molecule has 0 bridgehead atoms. The predicted octanol–water partition coefficient (Wildman–Crippen LogP) is 0.816. The van der Waals surface area contributed by atoms with Gasteiger partial charge < -0.3 is 16.0 Å². The van der Waals surface area contributed by atoms with Crippen molar-refractivity contribution in [2.75, 3.05) is 20.1 Å². The summed E-state index contributed by atoms with van der Waals surface area (Å²) in [5.74, 6) is 0.397. The molecule has 0 saturated carbocycles. The molecule has 0 radical (unpaired) electrons. The van der Waals surface area contributed by atoms with E-state index in [1.807, 2.05) is 14.0 Å². The van der Waals surface area contributed by atoms with Crippen LogP contribution in [0.15, 0.2) is 0 Å². The summed E-state index contributed by atoms with van der Waals surface area (Å²) < 4.78 is 0. The van der Waals surface area contributed by atoms with Crippen LogP contribution in [0, 0.1) is 5.92 Å². The molecule has 0 rings (SSSR count). The van der Waals surface area contributed by atoms with Crippen LogP contribution in [0.4, 0.5) is 0 Å². The molecule has 0 heterocycles. The molecular formula is C12H27N3O. The maximum atomic E-state index is 11.2. The van der Waals surface area contributed by atoms with Crippen molar-refractivity contribution in [1.29, 1.82) is 0 Å². The Balaban J connectivity index is 4.16. The zero-order valence-corrected chi connectivity index (χ0v) is 11.3. The van der Waals surface area contributed by atoms with E-state index < -0.39 is 0 Å². The highest BCUT2D eigenvalue weighted by Gasteiger charge is 2.19. The van der Waals surface area contributed by atoms with Crippen LogP contribution in [0.1, 0.15) is 34.1 Å². The Hall–Kier alpha value is -0.610. The van der Waals surface area contributed by atoms with Crippen molar-refractivity contribution in [3.63, 3.8) is 0 Å². The Kier molecular flexibility index (Phi) is 7.34. The number of likely N-dealkylation sites (N-methyl/N-ethyl adjacent to an activating group) is 2. The van der Waals surface area contributed by atoms with Gasteiger partial charge in [-0.05, 0) is 32.9 Å². The fourth-order valence-electron chi connectivity index (χ4n) is 1.83. The van der Waals surface area contributed by atoms with E-state index in [-0.39, 0.29) is 11.9 Å². The topological polar surface area (TPSA) is 58.4 Å². The molecule has 1 amide bonds. The average Bonchev–Trinajstić information content (AvgIpc) is 2.15. The molecule has 0 aromatic heterocycles. The predicted molar refractivity (Wildman–Crippen MR) is 68.2 cm³/mol. The van der Waals surface area contributed by atoms with Crippen LogP contribution in [0.25, 0.3) is 0 Å². The van der Waals surface area contributed by atoms with Crippen molar-refractivity contribution in [2.45, 2.75) is 46.2 Å². The van der Waals surface area contributed by atoms with Gasteiger partial charge in [-0.25, -0.2) is 0 Å². The minimum atomic E-state index is -0.273. The van der Waals surface area contributed by atoms with Gasteiger partial charge in [-0.3, -0.25) is 4.79 Å². The largest absolute Gasteiger partial charge is 0.368 e. The number of carbonyl (C=O) groups is 1. The lowest BCUT2D eigenvalue weighted by Crippen LogP contribution is -2.50. The molecule has 4 heteroatoms. The standard InChI is InChI=1S/C12H27N3O/c1-6-14-11(12(13)16)8-15(5)10(4)7-9(2)3/h9-11,14H,6-8H2,1-5H3,(H2,13,16). The van der Waals surface area contributed by atoms with E-state index in [0.29, 0.717) is 18.5 Å². The third-order valence-corrected chi connectivity index (χ3v) is 2.83. The summed E-state index contributed by atoms with van der Waals surface area (Å²) >= 11 is 0. The number of nitrogens with one attached hydrogen (secondary N) is 1. The second-order valence-electron chi connectivity index (χ2n) is 4.93. The van der Waals surface area contributed by atoms with Crippen molar-refractivity contribution in [2.24, 2.45) is 11.7 Å². The van der Waals surface area contributed by atoms with Gasteiger partial charge in [0.05, 0.1) is 6.04 Å². The second-order valence-corrected chi connectivity index (χ2v) is 4.93. The molecule has 4 nitrogen and oxygen atoms in total. The van der Waals surface area contributed by atoms with E-state index in [4.69, 9.17) is 5.73 Å². The number of rotatable bonds is 8. The third-order valence-electron chi connectivity index (χ3n) is 2.83. The summed E-state index contributed by atoms with van der Waals surface area (Å²) in [5.41, 5.74) is 5.34. The molecule has 0 aliphatic rings. The molecule has 0 spiro atoms. The van der Waals surface area contributed by atoms with E-state index in [1.165, 1.54) is 0 Å². The van der Waals surface area contributed by atoms with Gasteiger partial charge in [0.1, 0.15) is 0 Å². The van der Waals surface area contributed by atoms with Gasteiger partial charge in [-0.2, -0.15) is 0 Å². The van der Waals surface area contributed by atoms with Gasteiger partial charge >= 0.3 is 0 Å². The van der Waals surface area contributed by atoms with Gasteiger partial charge in [0.25, 0.3) is 0 Å². The fourth-order valence-corrected chi connectivity index (χ4v) is 1.83. The average molecular weight is 229 g/mol. The summed E-state index contributed by atoms with van der Waals surface area (Å²) in [5, 5.41) is 3.10. The molecule has 2 unspecified atom stereocenters. The Morgan fingerprint density at radius 2 is 1.94 bits per heavy atom. The summed E-state index contributed by atoms with van der Waals surface area (Å²) in [4.78, 5) is 13.4. The fraction of sp³-hybridized carbons (Fsp3) is 0.917. The first-order valence-corrected chi connectivity index (χ1v) is 6.11. The first kappa shape index (κ1) is 15.4. The molecule has 96 valence electrons. The maximum Gasteiger partial charge on any atom is 0.235 e. The van der Waals surface area contributed by atoms with E-state index in [2.05, 4.69) is 31.0 Å². The zero-order valence-electron chi connectivity index (χ0n) is 11.3. The van der Waals surface area contributed by atoms with E-state index in [1.54, 1.807) is 0 Å². The smallest absolute Gasteiger partial charge is 0.235 e. The van der Waals surface area contributed by atoms with Crippen molar-refractivity contribution >= 4 is 5.91 Å². The normalized spacial score (nSPS) is 15.4. The van der Waals surface area contributed by atoms with Gasteiger partial charge in [-0.15, -0.1) is 0 Å². The van der Waals surface area contributed by atoms with Crippen molar-refractivity contribution < 1.29 is 4.79 Å². The molecule has 0 aromatic carbocycles. The number of hydrogen-bond donors (Lipinski definition) is 2. The van der Waals surface area contributed by atoms with Crippen LogP contribution >= 0.6 is 0 Å². The van der Waals surface area contributed by atoms with Crippen molar-refractivity contribution in [3.8, 4) is 0 Å². The third kappa shape index (κ3) is 6.08. The summed E-state index contributed by atoms with van der Waals surface area (Å²) in [7, 11) is 2.04. The molecule has 16 heavy (non-hydrogen) atoms. The number of nitrogens with zero attached hydrogens (tertiary/aromatic N) is 1. The highest BCUT2D eigenvalue weighted by molar-refractivity contribution is 5.80. The van der Waals surface area contributed by atoms with Crippen LogP contribution in [0.3, 0.4) is 0 Å². The first-order valence-electron chi connectivity index (χ1n) is 6.11. The Bertz CT molecular complexity index is 206. The lowest BCUT2D eigenvalue weighted by molar-refractivity contribution is -0.120. The Labute approximate surface area is 99.6 Å². The number of nitrogens with two attached hydrogens (primary N) is 1. The first-order chi connectivity index (χ1) is 7.38. The number of hydrogen-bond acceptors (Lipinski definition) is 3. The molecule has 0 aliphatic carbocycles. The Morgan fingerprint density at radius 1 is 1.38 bits per heavy atom. The molecule has 0 saturated heterocycles. The monoisotopic (exact) mass is 229 g/mol. The molecule has 0 aliphatic heterocycles. The highest BCUT2D eigenvalue weighted by atomic mass is 16.1. The van der Waals surface area contributed by atoms with Gasteiger partial charge in [-0.1, -0.05) is 20.8 Å². The minimum Gasteiger partial charge on any atom is -0.368 e. The van der Waals surface area contributed by atoms with Crippen molar-refractivity contribution in [1.82, 2.24) is 10.2 Å². The Morgan fingerprint density at radius 3 is 2.31 bits per heavy atom. The van der Waals surface area contributed by atoms with Gasteiger partial charge in [0.2, 0.25) is 5.91 Å². The van der Waals surface area contributed by atoms with Gasteiger partial charge in [0.15, 0.2) is 0 Å². The molecule has 0 aromatic rings. The quantitative estimate of drug-likeness (QED) is 0.648. The number of primary amides is 1. The van der Waals surface area contributed by atoms with Crippen LogP contribution in [0.5, 0.6) is 0 Å². The molecule has 3 N–H and O–H groups in total. The van der Waals surface area contributed by atoms with Crippen LogP contribution in [0.2, 0.25) is 0 Å². The van der Waals surface area contributed by atoms with Crippen LogP contribution < -0.4 is 11.1 Å². The molecular weight excluding hydrogens is 202 g/mol. The lowest BCUT2D eigenvalue weighted by atomic mass is 10.0. The second kappa shape index (κ2) is 7.63. The lowest BCUT2D eigenvalue weighted by Gasteiger charge is -2.29. The van der Waals surface area contributed by atoms with Gasteiger partial charge in [0, 0.05) is 12.6 Å². The zero-order chi connectivity index (χ0) is 12.7. The van der Waals surface area contributed by atoms with Crippen LogP contribution in [-0.2, 0) is 4.79 Å². The van der Waals surface area contributed by atoms with Crippen molar-refractivity contribution in [3.05, 3.63) is 0 Å². The summed E-state index contributed by atoms with van der Waals surface area (Å²) in [6.45, 7) is 10.0. The number of carbonyl (C=O) groups excluding carboxylic acids is 1. The SMILES string of the molecule is CCNC(CN(C)C(C)CC(C)C)C(N)=O. The minimum absolute atomic E-state index is 0.246. The van der Waals surface area contributed by atoms with Crippen LogP contribution in [-0.4, -0.2) is 43.0 Å². The summed E-state index contributed by atoms with van der Waals surface area (Å²) in [6.07, 6.45) is 1.13. The van der Waals surface area contributed by atoms with E-state index in [9.17, 15) is 4.79 Å². The highest BCUT2D eigenvalue weighted by Crippen LogP contribution is 2.09. The summed E-state index contributed by atoms with van der Waals surface area (Å²) in [6, 6.07) is 0.227. The molecule has 2 atom stereocenters. The maximum absolute atomic E-state index is 11.2. The molecule has 0 fully saturated rings. The van der Waals surface area contributed by atoms with E-state index >= 15 is 0 Å². The van der Waals surface area contributed by atoms with E-state index in [0.717, 1.165) is 13.0 Å².